The second-order valence-electron chi connectivity index (χ2n) is 4.94. The van der Waals surface area contributed by atoms with Gasteiger partial charge in [0, 0.05) is 11.6 Å². The van der Waals surface area contributed by atoms with Crippen LogP contribution in [0.2, 0.25) is 5.02 Å². The van der Waals surface area contributed by atoms with Gasteiger partial charge in [-0.1, -0.05) is 38.4 Å². The van der Waals surface area contributed by atoms with Crippen LogP contribution in [0, 0.1) is 18.2 Å². The van der Waals surface area contributed by atoms with Gasteiger partial charge in [0.2, 0.25) is 0 Å². The Hall–Kier alpha value is -0.600. The molecular weight excluding hydrogens is 213 g/mol. The van der Waals surface area contributed by atoms with Crippen LogP contribution in [0.3, 0.4) is 0 Å². The highest BCUT2D eigenvalue weighted by Gasteiger charge is 2.27. The Labute approximate surface area is 95.4 Å². The molecule has 0 radical (unpaired) electrons. The normalized spacial score (nSPS) is 14.1. The zero-order valence-electron chi connectivity index (χ0n) is 9.57. The monoisotopic (exact) mass is 229 g/mol. The molecular formula is C12H17ClFN. The molecule has 0 aliphatic carbocycles. The minimum atomic E-state index is -0.398. The van der Waals surface area contributed by atoms with E-state index in [1.165, 1.54) is 6.07 Å². The summed E-state index contributed by atoms with van der Waals surface area (Å²) in [6.45, 7) is 7.75. The fourth-order valence-corrected chi connectivity index (χ4v) is 1.67. The molecule has 84 valence electrons. The third-order valence-corrected chi connectivity index (χ3v) is 3.07. The summed E-state index contributed by atoms with van der Waals surface area (Å²) in [5.41, 5.74) is 7.08. The van der Waals surface area contributed by atoms with Crippen LogP contribution in [0.15, 0.2) is 12.1 Å². The van der Waals surface area contributed by atoms with Crippen LogP contribution in [0.25, 0.3) is 0 Å². The smallest absolute Gasteiger partial charge is 0.129 e. The number of aryl methyl sites for hydroxylation is 1. The first-order chi connectivity index (χ1) is 6.75. The maximum Gasteiger partial charge on any atom is 0.129 e. The molecule has 0 heterocycles. The average molecular weight is 230 g/mol. The summed E-state index contributed by atoms with van der Waals surface area (Å²) in [7, 11) is 0. The number of hydrogen-bond acceptors (Lipinski definition) is 1. The van der Waals surface area contributed by atoms with Crippen molar-refractivity contribution in [2.75, 3.05) is 0 Å². The van der Waals surface area contributed by atoms with Gasteiger partial charge in [-0.2, -0.15) is 0 Å². The third-order valence-electron chi connectivity index (χ3n) is 2.56. The Morgan fingerprint density at radius 2 is 1.87 bits per heavy atom. The van der Waals surface area contributed by atoms with E-state index in [1.54, 1.807) is 6.07 Å². The minimum Gasteiger partial charge on any atom is -0.323 e. The maximum absolute atomic E-state index is 13.6. The molecule has 0 bridgehead atoms. The number of halogens is 2. The number of hydrogen-bond donors (Lipinski definition) is 1. The minimum absolute atomic E-state index is 0.210. The summed E-state index contributed by atoms with van der Waals surface area (Å²) in [6.07, 6.45) is 0. The second kappa shape index (κ2) is 4.11. The molecule has 0 spiro atoms. The molecule has 0 fully saturated rings. The molecule has 0 unspecified atom stereocenters. The van der Waals surface area contributed by atoms with E-state index in [4.69, 9.17) is 17.3 Å². The molecule has 1 aromatic carbocycles. The van der Waals surface area contributed by atoms with Crippen molar-refractivity contribution in [1.29, 1.82) is 0 Å². The molecule has 1 nitrogen and oxygen atoms in total. The summed E-state index contributed by atoms with van der Waals surface area (Å²) >= 11 is 6.08. The molecule has 0 aliphatic rings. The van der Waals surface area contributed by atoms with Crippen LogP contribution in [-0.2, 0) is 0 Å². The zero-order chi connectivity index (χ0) is 11.8. The van der Waals surface area contributed by atoms with Crippen LogP contribution >= 0.6 is 11.6 Å². The first-order valence-corrected chi connectivity index (χ1v) is 5.33. The Kier molecular flexibility index (Phi) is 3.41. The summed E-state index contributed by atoms with van der Waals surface area (Å²) < 4.78 is 13.6. The van der Waals surface area contributed by atoms with Gasteiger partial charge in [-0.3, -0.25) is 0 Å². The summed E-state index contributed by atoms with van der Waals surface area (Å²) in [4.78, 5) is 0. The predicted molar refractivity (Wildman–Crippen MR) is 62.5 cm³/mol. The summed E-state index contributed by atoms with van der Waals surface area (Å²) in [5, 5.41) is 0.442. The van der Waals surface area contributed by atoms with E-state index in [9.17, 15) is 4.39 Å². The molecule has 2 N–H and O–H groups in total. The maximum atomic E-state index is 13.6. The van der Waals surface area contributed by atoms with Crippen molar-refractivity contribution in [1.82, 2.24) is 0 Å². The van der Waals surface area contributed by atoms with E-state index in [1.807, 2.05) is 27.7 Å². The quantitative estimate of drug-likeness (QED) is 0.778. The largest absolute Gasteiger partial charge is 0.323 e. The van der Waals surface area contributed by atoms with E-state index < -0.39 is 6.04 Å². The van der Waals surface area contributed by atoms with E-state index in [0.717, 1.165) is 5.56 Å². The van der Waals surface area contributed by atoms with Crippen molar-refractivity contribution in [3.05, 3.63) is 34.1 Å². The van der Waals surface area contributed by atoms with Gasteiger partial charge >= 0.3 is 0 Å². The molecule has 1 rings (SSSR count). The van der Waals surface area contributed by atoms with Gasteiger partial charge in [-0.15, -0.1) is 0 Å². The van der Waals surface area contributed by atoms with Gasteiger partial charge in [0.1, 0.15) is 5.82 Å². The Bertz CT molecular complexity index is 369. The van der Waals surface area contributed by atoms with Crippen molar-refractivity contribution in [3.8, 4) is 0 Å². The third kappa shape index (κ3) is 2.50. The molecule has 0 saturated carbocycles. The first kappa shape index (κ1) is 12.5. The van der Waals surface area contributed by atoms with E-state index in [0.29, 0.717) is 10.6 Å². The van der Waals surface area contributed by atoms with Crippen LogP contribution in [0.4, 0.5) is 4.39 Å². The first-order valence-electron chi connectivity index (χ1n) is 4.95. The number of nitrogens with two attached hydrogens (primary N) is 1. The van der Waals surface area contributed by atoms with Crippen molar-refractivity contribution in [3.63, 3.8) is 0 Å². The molecule has 0 amide bonds. The van der Waals surface area contributed by atoms with Crippen LogP contribution in [0.1, 0.15) is 37.9 Å². The molecule has 0 aromatic heterocycles. The number of rotatable bonds is 1. The Morgan fingerprint density at radius 1 is 1.33 bits per heavy atom. The van der Waals surface area contributed by atoms with Gasteiger partial charge in [-0.25, -0.2) is 4.39 Å². The van der Waals surface area contributed by atoms with Crippen molar-refractivity contribution < 1.29 is 4.39 Å². The second-order valence-corrected chi connectivity index (χ2v) is 5.31. The lowest BCUT2D eigenvalue weighted by molar-refractivity contribution is 0.319. The predicted octanol–water partition coefficient (Wildman–Crippen LogP) is 3.83. The lowest BCUT2D eigenvalue weighted by Gasteiger charge is -2.28. The highest BCUT2D eigenvalue weighted by Crippen LogP contribution is 2.37. The fraction of sp³-hybridized carbons (Fsp3) is 0.500. The molecule has 1 aromatic rings. The van der Waals surface area contributed by atoms with Crippen molar-refractivity contribution in [2.24, 2.45) is 11.1 Å². The highest BCUT2D eigenvalue weighted by atomic mass is 35.5. The average Bonchev–Trinajstić information content (AvgIpc) is 2.10. The van der Waals surface area contributed by atoms with E-state index in [2.05, 4.69) is 0 Å². The zero-order valence-corrected chi connectivity index (χ0v) is 10.3. The van der Waals surface area contributed by atoms with Crippen molar-refractivity contribution >= 4 is 11.6 Å². The highest BCUT2D eigenvalue weighted by molar-refractivity contribution is 6.32. The van der Waals surface area contributed by atoms with Gasteiger partial charge in [-0.05, 0) is 24.0 Å². The molecule has 15 heavy (non-hydrogen) atoms. The standard InChI is InChI=1S/C12H17ClFN/c1-7-5-6-8(14)9(10(7)13)11(15)12(2,3)4/h5-6,11H,15H2,1-4H3/t11-/m0/s1. The van der Waals surface area contributed by atoms with Gasteiger partial charge in [0.05, 0.1) is 5.02 Å². The van der Waals surface area contributed by atoms with Crippen LogP contribution in [-0.4, -0.2) is 0 Å². The van der Waals surface area contributed by atoms with E-state index >= 15 is 0 Å². The van der Waals surface area contributed by atoms with Crippen LogP contribution in [0.5, 0.6) is 0 Å². The van der Waals surface area contributed by atoms with E-state index in [-0.39, 0.29) is 11.2 Å². The van der Waals surface area contributed by atoms with Gasteiger partial charge in [0.25, 0.3) is 0 Å². The number of benzene rings is 1. The molecule has 1 atom stereocenters. The summed E-state index contributed by atoms with van der Waals surface area (Å²) in [5.74, 6) is -0.326. The SMILES string of the molecule is Cc1ccc(F)c([C@H](N)C(C)(C)C)c1Cl. The van der Waals surface area contributed by atoms with Gasteiger partial charge < -0.3 is 5.73 Å². The summed E-state index contributed by atoms with van der Waals surface area (Å²) in [6, 6.07) is 2.68. The molecule has 0 aliphatic heterocycles. The lowest BCUT2D eigenvalue weighted by Crippen LogP contribution is -2.27. The molecule has 0 saturated heterocycles. The molecule has 3 heteroatoms. The topological polar surface area (TPSA) is 26.0 Å². The van der Waals surface area contributed by atoms with Crippen molar-refractivity contribution in [2.45, 2.75) is 33.7 Å². The lowest BCUT2D eigenvalue weighted by atomic mass is 9.82. The Morgan fingerprint density at radius 3 is 2.33 bits per heavy atom. The Balaban J connectivity index is 3.31. The van der Waals surface area contributed by atoms with Gasteiger partial charge in [0.15, 0.2) is 0 Å². The van der Waals surface area contributed by atoms with Crippen LogP contribution < -0.4 is 5.73 Å². The fourth-order valence-electron chi connectivity index (χ4n) is 1.40.